The van der Waals surface area contributed by atoms with E-state index in [4.69, 9.17) is 14.2 Å². The van der Waals surface area contributed by atoms with E-state index in [2.05, 4.69) is 32.9 Å². The number of hydrogen-bond acceptors (Lipinski definition) is 4. The zero-order chi connectivity index (χ0) is 19.9. The number of fused-ring (bicyclic) bond motifs is 2. The lowest BCUT2D eigenvalue weighted by Crippen LogP contribution is -2.37. The summed E-state index contributed by atoms with van der Waals surface area (Å²) in [6.07, 6.45) is 2.73. The normalized spacial score (nSPS) is 19.1. The van der Waals surface area contributed by atoms with Crippen LogP contribution in [0.3, 0.4) is 0 Å². The Bertz CT molecular complexity index is 897. The second-order valence-corrected chi connectivity index (χ2v) is 7.99. The van der Waals surface area contributed by atoms with Crippen LogP contribution in [0.2, 0.25) is 0 Å². The van der Waals surface area contributed by atoms with E-state index in [1.165, 1.54) is 18.2 Å². The number of benzene rings is 2. The number of carbonyl (C=O) groups is 1. The first-order valence-electron chi connectivity index (χ1n) is 9.60. The van der Waals surface area contributed by atoms with Gasteiger partial charge in [0.15, 0.2) is 11.5 Å². The Hall–Kier alpha value is -2.23. The van der Waals surface area contributed by atoms with Gasteiger partial charge in [-0.3, -0.25) is 4.79 Å². The fraction of sp³-hybridized carbons (Fsp3) is 0.522. The van der Waals surface area contributed by atoms with Crippen LogP contribution in [-0.2, 0) is 21.4 Å². The Kier molecular flexibility index (Phi) is 5.11. The largest absolute Gasteiger partial charge is 0.493 e. The molecule has 1 aliphatic rings. The highest BCUT2D eigenvalue weighted by atomic mass is 16.5. The van der Waals surface area contributed by atoms with Gasteiger partial charge in [0.1, 0.15) is 0 Å². The van der Waals surface area contributed by atoms with Gasteiger partial charge in [-0.15, -0.1) is 0 Å². The molecule has 0 spiro atoms. The van der Waals surface area contributed by atoms with Crippen molar-refractivity contribution in [3.05, 3.63) is 34.4 Å². The van der Waals surface area contributed by atoms with Gasteiger partial charge in [-0.2, -0.15) is 0 Å². The molecule has 0 aromatic heterocycles. The first-order valence-corrected chi connectivity index (χ1v) is 9.60. The molecule has 4 nitrogen and oxygen atoms in total. The quantitative estimate of drug-likeness (QED) is 0.706. The number of aryl methyl sites for hydroxylation is 1. The second-order valence-electron chi connectivity index (χ2n) is 7.99. The Morgan fingerprint density at radius 1 is 1.11 bits per heavy atom. The average molecular weight is 370 g/mol. The zero-order valence-electron chi connectivity index (χ0n) is 17.5. The molecule has 2 aromatic rings. The molecule has 0 amide bonds. The van der Waals surface area contributed by atoms with Crippen molar-refractivity contribution in [2.75, 3.05) is 21.3 Å². The van der Waals surface area contributed by atoms with Crippen molar-refractivity contribution in [2.24, 2.45) is 0 Å². The summed E-state index contributed by atoms with van der Waals surface area (Å²) in [6, 6.07) is 4.35. The topological polar surface area (TPSA) is 44.8 Å². The molecule has 1 atom stereocenters. The summed E-state index contributed by atoms with van der Waals surface area (Å²) in [7, 11) is 4.86. The molecule has 0 saturated carbocycles. The van der Waals surface area contributed by atoms with Crippen LogP contribution < -0.4 is 9.47 Å². The van der Waals surface area contributed by atoms with E-state index in [-0.39, 0.29) is 5.97 Å². The molecule has 0 N–H and O–H groups in total. The summed E-state index contributed by atoms with van der Waals surface area (Å²) in [5, 5.41) is 2.16. The molecular formula is C23H30O4. The highest BCUT2D eigenvalue weighted by Crippen LogP contribution is 2.48. The van der Waals surface area contributed by atoms with Crippen LogP contribution >= 0.6 is 0 Å². The first-order chi connectivity index (χ1) is 12.8. The smallest absolute Gasteiger partial charge is 0.316 e. The molecule has 1 aliphatic carbocycles. The maximum absolute atomic E-state index is 12.6. The minimum Gasteiger partial charge on any atom is -0.493 e. The monoisotopic (exact) mass is 370 g/mol. The maximum atomic E-state index is 12.6. The van der Waals surface area contributed by atoms with Crippen LogP contribution in [0.1, 0.15) is 61.8 Å². The number of rotatable bonds is 4. The van der Waals surface area contributed by atoms with Crippen molar-refractivity contribution in [1.82, 2.24) is 0 Å². The standard InChI is InChI=1S/C23H30O4/c1-13(2)17-11-15-12-18-16(9-8-10-23(18,4)22(24)27-7)14(3)19(15)21(26-6)20(17)25-5/h11-13H,8-10H2,1-7H3/t23-/m1/s1. The predicted octanol–water partition coefficient (Wildman–Crippen LogP) is 5.06. The highest BCUT2D eigenvalue weighted by Gasteiger charge is 2.41. The third kappa shape index (κ3) is 2.86. The minimum absolute atomic E-state index is 0.160. The number of ether oxygens (including phenoxy) is 3. The van der Waals surface area contributed by atoms with Gasteiger partial charge < -0.3 is 14.2 Å². The molecule has 146 valence electrons. The molecule has 4 heteroatoms. The van der Waals surface area contributed by atoms with E-state index in [9.17, 15) is 4.79 Å². The summed E-state index contributed by atoms with van der Waals surface area (Å²) in [5.74, 6) is 1.72. The van der Waals surface area contributed by atoms with Gasteiger partial charge in [0, 0.05) is 10.9 Å². The van der Waals surface area contributed by atoms with Crippen LogP contribution in [0.5, 0.6) is 11.5 Å². The van der Waals surface area contributed by atoms with Crippen molar-refractivity contribution in [1.29, 1.82) is 0 Å². The molecule has 27 heavy (non-hydrogen) atoms. The molecular weight excluding hydrogens is 340 g/mol. The summed E-state index contributed by atoms with van der Waals surface area (Å²) in [4.78, 5) is 12.6. The lowest BCUT2D eigenvalue weighted by molar-refractivity contribution is -0.147. The molecule has 0 unspecified atom stereocenters. The number of methoxy groups -OCH3 is 3. The van der Waals surface area contributed by atoms with E-state index in [0.717, 1.165) is 52.7 Å². The Balaban J connectivity index is 2.43. The van der Waals surface area contributed by atoms with Gasteiger partial charge in [0.25, 0.3) is 0 Å². The minimum atomic E-state index is -0.605. The number of esters is 1. The molecule has 2 aromatic carbocycles. The molecule has 3 rings (SSSR count). The van der Waals surface area contributed by atoms with Gasteiger partial charge >= 0.3 is 5.97 Å². The first kappa shape index (κ1) is 19.5. The van der Waals surface area contributed by atoms with Gasteiger partial charge in [0.05, 0.1) is 26.7 Å². The third-order valence-electron chi connectivity index (χ3n) is 6.11. The number of carbonyl (C=O) groups excluding carboxylic acids is 1. The van der Waals surface area contributed by atoms with E-state index >= 15 is 0 Å². The van der Waals surface area contributed by atoms with Crippen LogP contribution in [0, 0.1) is 6.92 Å². The van der Waals surface area contributed by atoms with E-state index < -0.39 is 5.41 Å². The number of hydrogen-bond donors (Lipinski definition) is 0. The second kappa shape index (κ2) is 7.06. The van der Waals surface area contributed by atoms with Crippen molar-refractivity contribution in [2.45, 2.75) is 58.3 Å². The molecule has 0 bridgehead atoms. The van der Waals surface area contributed by atoms with Gasteiger partial charge in [-0.1, -0.05) is 13.8 Å². The molecule has 0 radical (unpaired) electrons. The van der Waals surface area contributed by atoms with Crippen LogP contribution in [-0.4, -0.2) is 27.3 Å². The van der Waals surface area contributed by atoms with Gasteiger partial charge in [-0.05, 0) is 73.2 Å². The lowest BCUT2D eigenvalue weighted by atomic mass is 9.69. The SMILES string of the molecule is COC(=O)[C@]1(C)CCCc2c1cc1cc(C(C)C)c(OC)c(OC)c1c2C. The summed E-state index contributed by atoms with van der Waals surface area (Å²) >= 11 is 0. The Labute approximate surface area is 161 Å². The fourth-order valence-electron chi connectivity index (χ4n) is 4.62. The van der Waals surface area contributed by atoms with Crippen molar-refractivity contribution in [3.8, 4) is 11.5 Å². The fourth-order valence-corrected chi connectivity index (χ4v) is 4.62. The van der Waals surface area contributed by atoms with E-state index in [1.54, 1.807) is 14.2 Å². The third-order valence-corrected chi connectivity index (χ3v) is 6.11. The van der Waals surface area contributed by atoms with Crippen LogP contribution in [0.25, 0.3) is 10.8 Å². The van der Waals surface area contributed by atoms with Gasteiger partial charge in [0.2, 0.25) is 0 Å². The van der Waals surface area contributed by atoms with E-state index in [1.807, 2.05) is 6.92 Å². The average Bonchev–Trinajstić information content (AvgIpc) is 2.66. The summed E-state index contributed by atoms with van der Waals surface area (Å²) < 4.78 is 16.7. The highest BCUT2D eigenvalue weighted by molar-refractivity contribution is 5.98. The molecule has 0 heterocycles. The molecule has 0 fully saturated rings. The van der Waals surface area contributed by atoms with Gasteiger partial charge in [-0.25, -0.2) is 0 Å². The van der Waals surface area contributed by atoms with Crippen molar-refractivity contribution in [3.63, 3.8) is 0 Å². The molecule has 0 saturated heterocycles. The van der Waals surface area contributed by atoms with Crippen molar-refractivity contribution < 1.29 is 19.0 Å². The van der Waals surface area contributed by atoms with Crippen molar-refractivity contribution >= 4 is 16.7 Å². The Morgan fingerprint density at radius 3 is 2.33 bits per heavy atom. The lowest BCUT2D eigenvalue weighted by Gasteiger charge is -2.35. The summed E-state index contributed by atoms with van der Waals surface area (Å²) in [5.41, 5.74) is 4.00. The summed E-state index contributed by atoms with van der Waals surface area (Å²) in [6.45, 7) is 8.42. The van der Waals surface area contributed by atoms with Crippen LogP contribution in [0.4, 0.5) is 0 Å². The predicted molar refractivity (Wildman–Crippen MR) is 108 cm³/mol. The zero-order valence-corrected chi connectivity index (χ0v) is 17.5. The Morgan fingerprint density at radius 2 is 1.78 bits per heavy atom. The maximum Gasteiger partial charge on any atom is 0.316 e. The molecule has 0 aliphatic heterocycles. The van der Waals surface area contributed by atoms with Crippen LogP contribution in [0.15, 0.2) is 12.1 Å². The van der Waals surface area contributed by atoms with E-state index in [0.29, 0.717) is 5.92 Å².